The quantitative estimate of drug-likeness (QED) is 0.166. The van der Waals surface area contributed by atoms with Gasteiger partial charge >= 0.3 is 17.9 Å². The summed E-state index contributed by atoms with van der Waals surface area (Å²) in [6.45, 7) is 2.06. The van der Waals surface area contributed by atoms with Crippen molar-refractivity contribution in [2.24, 2.45) is 5.41 Å². The fourth-order valence-electron chi connectivity index (χ4n) is 5.50. The molecule has 0 aromatic rings. The van der Waals surface area contributed by atoms with Crippen LogP contribution in [0.1, 0.15) is 129 Å². The van der Waals surface area contributed by atoms with Gasteiger partial charge in [-0.3, -0.25) is 14.4 Å². The van der Waals surface area contributed by atoms with Gasteiger partial charge in [-0.25, -0.2) is 0 Å². The Hall–Kier alpha value is -1.59. The summed E-state index contributed by atoms with van der Waals surface area (Å²) in [4.78, 5) is 41.0. The van der Waals surface area contributed by atoms with Gasteiger partial charge in [-0.05, 0) is 83.5 Å². The van der Waals surface area contributed by atoms with E-state index in [1.54, 1.807) is 0 Å². The summed E-state index contributed by atoms with van der Waals surface area (Å²) in [6.07, 6.45) is 15.8. The van der Waals surface area contributed by atoms with Crippen LogP contribution in [0.2, 0.25) is 0 Å². The predicted octanol–water partition coefficient (Wildman–Crippen LogP) is 6.18. The summed E-state index contributed by atoms with van der Waals surface area (Å²) < 4.78 is 17.6. The molecule has 3 fully saturated rings. The molecule has 188 valence electrons. The van der Waals surface area contributed by atoms with E-state index in [1.165, 1.54) is 0 Å². The third-order valence-electron chi connectivity index (χ3n) is 7.68. The highest BCUT2D eigenvalue weighted by molar-refractivity contribution is 6.18. The molecule has 0 aromatic carbocycles. The molecule has 0 aliphatic heterocycles. The number of rotatable bonds is 10. The van der Waals surface area contributed by atoms with E-state index < -0.39 is 23.3 Å². The zero-order valence-corrected chi connectivity index (χ0v) is 20.6. The van der Waals surface area contributed by atoms with E-state index in [-0.39, 0.29) is 24.7 Å². The van der Waals surface area contributed by atoms with E-state index >= 15 is 0 Å². The van der Waals surface area contributed by atoms with Crippen LogP contribution < -0.4 is 0 Å². The normalized spacial score (nSPS) is 21.4. The highest BCUT2D eigenvalue weighted by Crippen LogP contribution is 2.36. The summed E-state index contributed by atoms with van der Waals surface area (Å²) in [5.41, 5.74) is -2.00. The maximum atomic E-state index is 13.7. The van der Waals surface area contributed by atoms with Crippen LogP contribution in [-0.2, 0) is 28.6 Å². The molecular weight excluding hydrogens is 420 g/mol. The van der Waals surface area contributed by atoms with Gasteiger partial charge in [-0.2, -0.15) is 0 Å². The number of carbonyl (C=O) groups is 3. The van der Waals surface area contributed by atoms with Gasteiger partial charge in [0.2, 0.25) is 0 Å². The molecule has 0 radical (unpaired) electrons. The Morgan fingerprint density at radius 3 is 1.21 bits per heavy atom. The van der Waals surface area contributed by atoms with E-state index in [0.29, 0.717) is 6.42 Å². The molecule has 0 aromatic heterocycles. The Morgan fingerprint density at radius 1 is 0.576 bits per heavy atom. The average Bonchev–Trinajstić information content (AvgIpc) is 2.83. The Labute approximate surface area is 199 Å². The first-order valence-electron chi connectivity index (χ1n) is 13.7. The second kappa shape index (κ2) is 13.3. The van der Waals surface area contributed by atoms with E-state index in [9.17, 15) is 14.4 Å². The van der Waals surface area contributed by atoms with Crippen molar-refractivity contribution in [1.29, 1.82) is 0 Å². The smallest absolute Gasteiger partial charge is 0.335 e. The highest BCUT2D eigenvalue weighted by Gasteiger charge is 2.58. The summed E-state index contributed by atoms with van der Waals surface area (Å²) in [6, 6.07) is 0. The standard InChI is InChI=1S/C27H44O6/c1-2-3-13-20-27(24(28)31-21-14-7-4-8-15-21,25(29)32-22-16-9-5-10-17-22)26(30)33-23-18-11-6-12-19-23/h21-23H,2-20H2,1H3. The summed E-state index contributed by atoms with van der Waals surface area (Å²) in [7, 11) is 0. The van der Waals surface area contributed by atoms with Crippen molar-refractivity contribution >= 4 is 17.9 Å². The molecule has 33 heavy (non-hydrogen) atoms. The first-order chi connectivity index (χ1) is 16.1. The molecule has 0 N–H and O–H groups in total. The minimum absolute atomic E-state index is 0.101. The summed E-state index contributed by atoms with van der Waals surface area (Å²) in [5, 5.41) is 0. The van der Waals surface area contributed by atoms with Crippen molar-refractivity contribution < 1.29 is 28.6 Å². The molecule has 0 spiro atoms. The van der Waals surface area contributed by atoms with Crippen molar-refractivity contribution in [3.8, 4) is 0 Å². The topological polar surface area (TPSA) is 78.9 Å². The zero-order chi connectivity index (χ0) is 23.5. The predicted molar refractivity (Wildman–Crippen MR) is 125 cm³/mol. The van der Waals surface area contributed by atoms with Gasteiger partial charge in [-0.1, -0.05) is 45.4 Å². The van der Waals surface area contributed by atoms with Crippen LogP contribution in [0.5, 0.6) is 0 Å². The molecule has 3 rings (SSSR count). The number of esters is 3. The Kier molecular flexibility index (Phi) is 10.5. The summed E-state index contributed by atoms with van der Waals surface area (Å²) in [5.74, 6) is -2.23. The fourth-order valence-corrected chi connectivity index (χ4v) is 5.50. The largest absolute Gasteiger partial charge is 0.461 e. The molecule has 0 saturated heterocycles. The van der Waals surface area contributed by atoms with Crippen LogP contribution in [0.15, 0.2) is 0 Å². The molecule has 0 amide bonds. The van der Waals surface area contributed by atoms with Crippen LogP contribution in [0.25, 0.3) is 0 Å². The number of carbonyl (C=O) groups excluding carboxylic acids is 3. The fraction of sp³-hybridized carbons (Fsp3) is 0.889. The van der Waals surface area contributed by atoms with E-state index in [2.05, 4.69) is 6.92 Å². The van der Waals surface area contributed by atoms with E-state index in [4.69, 9.17) is 14.2 Å². The van der Waals surface area contributed by atoms with Gasteiger partial charge in [0.15, 0.2) is 0 Å². The van der Waals surface area contributed by atoms with Crippen molar-refractivity contribution in [3.05, 3.63) is 0 Å². The third kappa shape index (κ3) is 7.19. The molecule has 0 bridgehead atoms. The van der Waals surface area contributed by atoms with E-state index in [0.717, 1.165) is 109 Å². The molecule has 6 nitrogen and oxygen atoms in total. The Bertz CT molecular complexity index is 548. The number of hydrogen-bond acceptors (Lipinski definition) is 6. The maximum Gasteiger partial charge on any atom is 0.335 e. The lowest BCUT2D eigenvalue weighted by Gasteiger charge is -2.34. The van der Waals surface area contributed by atoms with Crippen molar-refractivity contribution in [2.75, 3.05) is 0 Å². The third-order valence-corrected chi connectivity index (χ3v) is 7.68. The molecule has 0 atom stereocenters. The minimum Gasteiger partial charge on any atom is -0.461 e. The van der Waals surface area contributed by atoms with Crippen LogP contribution in [0.3, 0.4) is 0 Å². The Balaban J connectivity index is 1.84. The van der Waals surface area contributed by atoms with Crippen LogP contribution in [0.4, 0.5) is 0 Å². The van der Waals surface area contributed by atoms with Crippen LogP contribution >= 0.6 is 0 Å². The highest BCUT2D eigenvalue weighted by atomic mass is 16.6. The van der Waals surface area contributed by atoms with Gasteiger partial charge in [0.05, 0.1) is 0 Å². The molecular formula is C27H44O6. The lowest BCUT2D eigenvalue weighted by atomic mass is 9.81. The van der Waals surface area contributed by atoms with E-state index in [1.807, 2.05) is 0 Å². The first kappa shape index (κ1) is 26.0. The molecule has 0 unspecified atom stereocenters. The Morgan fingerprint density at radius 2 is 0.909 bits per heavy atom. The molecule has 3 aliphatic rings. The summed E-state index contributed by atoms with van der Waals surface area (Å²) >= 11 is 0. The van der Waals surface area contributed by atoms with Crippen LogP contribution in [0, 0.1) is 5.41 Å². The lowest BCUT2D eigenvalue weighted by molar-refractivity contribution is -0.193. The number of hydrogen-bond donors (Lipinski definition) is 0. The molecule has 3 saturated carbocycles. The SMILES string of the molecule is CCCCCC(C(=O)OC1CCCCC1)(C(=O)OC1CCCCC1)C(=O)OC1CCCCC1. The van der Waals surface area contributed by atoms with Crippen LogP contribution in [-0.4, -0.2) is 36.2 Å². The van der Waals surface area contributed by atoms with Crippen molar-refractivity contribution in [1.82, 2.24) is 0 Å². The second-order valence-corrected chi connectivity index (χ2v) is 10.4. The van der Waals surface area contributed by atoms with Crippen molar-refractivity contribution in [2.45, 2.75) is 147 Å². The number of ether oxygens (including phenoxy) is 3. The maximum absolute atomic E-state index is 13.7. The van der Waals surface area contributed by atoms with Gasteiger partial charge in [0.1, 0.15) is 18.3 Å². The van der Waals surface area contributed by atoms with Gasteiger partial charge in [0.25, 0.3) is 5.41 Å². The minimum atomic E-state index is -2.00. The van der Waals surface area contributed by atoms with Gasteiger partial charge in [0, 0.05) is 0 Å². The van der Waals surface area contributed by atoms with Gasteiger partial charge in [-0.15, -0.1) is 0 Å². The first-order valence-corrected chi connectivity index (χ1v) is 13.7. The zero-order valence-electron chi connectivity index (χ0n) is 20.6. The molecule has 0 heterocycles. The second-order valence-electron chi connectivity index (χ2n) is 10.4. The molecule has 3 aliphatic carbocycles. The van der Waals surface area contributed by atoms with Gasteiger partial charge < -0.3 is 14.2 Å². The lowest BCUT2D eigenvalue weighted by Crippen LogP contribution is -2.52. The average molecular weight is 465 g/mol. The number of unbranched alkanes of at least 4 members (excludes halogenated alkanes) is 2. The monoisotopic (exact) mass is 464 g/mol. The van der Waals surface area contributed by atoms with Crippen molar-refractivity contribution in [3.63, 3.8) is 0 Å². The molecule has 6 heteroatoms.